The highest BCUT2D eigenvalue weighted by Crippen LogP contribution is 2.21. The minimum absolute atomic E-state index is 0.307. The van der Waals surface area contributed by atoms with Crippen LogP contribution in [0.2, 0.25) is 0 Å². The van der Waals surface area contributed by atoms with E-state index in [0.717, 1.165) is 4.47 Å². The van der Waals surface area contributed by atoms with Gasteiger partial charge in [-0.15, -0.1) is 0 Å². The van der Waals surface area contributed by atoms with E-state index in [0.29, 0.717) is 12.1 Å². The van der Waals surface area contributed by atoms with E-state index in [1.807, 2.05) is 30.6 Å². The predicted molar refractivity (Wildman–Crippen MR) is 78.3 cm³/mol. The van der Waals surface area contributed by atoms with Gasteiger partial charge in [0, 0.05) is 29.0 Å². The van der Waals surface area contributed by atoms with Gasteiger partial charge in [-0.1, -0.05) is 28.1 Å². The fraction of sp³-hybridized carbons (Fsp3) is 0.267. The van der Waals surface area contributed by atoms with Crippen molar-refractivity contribution in [3.8, 4) is 0 Å². The molecule has 1 unspecified atom stereocenters. The zero-order valence-electron chi connectivity index (χ0n) is 10.6. The van der Waals surface area contributed by atoms with Crippen LogP contribution in [0.4, 0.5) is 0 Å². The highest BCUT2D eigenvalue weighted by molar-refractivity contribution is 9.10. The highest BCUT2D eigenvalue weighted by Gasteiger charge is 2.10. The number of nitrogens with one attached hydrogen (secondary N) is 1. The van der Waals surface area contributed by atoms with Crippen molar-refractivity contribution < 1.29 is 0 Å². The average molecular weight is 305 g/mol. The highest BCUT2D eigenvalue weighted by atomic mass is 79.9. The minimum atomic E-state index is 0.307. The molecular weight excluding hydrogens is 288 g/mol. The molecule has 94 valence electrons. The maximum Gasteiger partial charge on any atom is 0.0298 e. The largest absolute Gasteiger partial charge is 0.304 e. The number of aromatic nitrogens is 1. The summed E-state index contributed by atoms with van der Waals surface area (Å²) in [5, 5.41) is 3.59. The SMILES string of the molecule is CC(N[C@@H](C)c1ccncc1)c1cccc(Br)c1. The van der Waals surface area contributed by atoms with Crippen molar-refractivity contribution in [1.82, 2.24) is 10.3 Å². The predicted octanol–water partition coefficient (Wildman–Crippen LogP) is 4.26. The van der Waals surface area contributed by atoms with E-state index < -0.39 is 0 Å². The molecule has 1 aromatic heterocycles. The van der Waals surface area contributed by atoms with Gasteiger partial charge in [-0.25, -0.2) is 0 Å². The van der Waals surface area contributed by atoms with Crippen molar-refractivity contribution in [3.63, 3.8) is 0 Å². The molecule has 1 aromatic carbocycles. The van der Waals surface area contributed by atoms with E-state index >= 15 is 0 Å². The third-order valence-corrected chi connectivity index (χ3v) is 3.55. The molecule has 2 nitrogen and oxygen atoms in total. The zero-order chi connectivity index (χ0) is 13.0. The van der Waals surface area contributed by atoms with Crippen LogP contribution >= 0.6 is 15.9 Å². The molecule has 2 atom stereocenters. The van der Waals surface area contributed by atoms with Crippen LogP contribution in [0.15, 0.2) is 53.3 Å². The summed E-state index contributed by atoms with van der Waals surface area (Å²) < 4.78 is 1.12. The number of benzene rings is 1. The van der Waals surface area contributed by atoms with Gasteiger partial charge in [0.15, 0.2) is 0 Å². The van der Waals surface area contributed by atoms with Gasteiger partial charge >= 0.3 is 0 Å². The summed E-state index contributed by atoms with van der Waals surface area (Å²) >= 11 is 3.51. The number of hydrogen-bond acceptors (Lipinski definition) is 2. The second-order valence-corrected chi connectivity index (χ2v) is 5.36. The van der Waals surface area contributed by atoms with Gasteiger partial charge in [0.05, 0.1) is 0 Å². The quantitative estimate of drug-likeness (QED) is 0.913. The van der Waals surface area contributed by atoms with Gasteiger partial charge in [0.2, 0.25) is 0 Å². The molecule has 2 aromatic rings. The fourth-order valence-electron chi connectivity index (χ4n) is 2.00. The van der Waals surface area contributed by atoms with Crippen molar-refractivity contribution >= 4 is 15.9 Å². The number of hydrogen-bond donors (Lipinski definition) is 1. The first-order chi connectivity index (χ1) is 8.66. The summed E-state index contributed by atoms with van der Waals surface area (Å²) in [5.74, 6) is 0. The molecule has 0 aliphatic heterocycles. The average Bonchev–Trinajstić information content (AvgIpc) is 2.39. The van der Waals surface area contributed by atoms with Crippen molar-refractivity contribution in [2.75, 3.05) is 0 Å². The molecule has 0 saturated heterocycles. The number of pyridine rings is 1. The summed E-state index contributed by atoms with van der Waals surface area (Å²) in [4.78, 5) is 4.04. The molecule has 0 amide bonds. The van der Waals surface area contributed by atoms with Crippen molar-refractivity contribution in [1.29, 1.82) is 0 Å². The monoisotopic (exact) mass is 304 g/mol. The van der Waals surface area contributed by atoms with E-state index in [-0.39, 0.29) is 0 Å². The molecule has 0 bridgehead atoms. The molecule has 0 aliphatic rings. The molecule has 1 N–H and O–H groups in total. The number of rotatable bonds is 4. The van der Waals surface area contributed by atoms with Gasteiger partial charge in [-0.05, 0) is 49.2 Å². The summed E-state index contributed by atoms with van der Waals surface area (Å²) in [6.07, 6.45) is 3.66. The van der Waals surface area contributed by atoms with Gasteiger partial charge in [0.25, 0.3) is 0 Å². The summed E-state index contributed by atoms with van der Waals surface area (Å²) in [6, 6.07) is 13.1. The molecule has 0 fully saturated rings. The Hall–Kier alpha value is -1.19. The summed E-state index contributed by atoms with van der Waals surface area (Å²) in [7, 11) is 0. The maximum absolute atomic E-state index is 4.04. The lowest BCUT2D eigenvalue weighted by Gasteiger charge is -2.20. The molecule has 0 aliphatic carbocycles. The Balaban J connectivity index is 2.05. The lowest BCUT2D eigenvalue weighted by Crippen LogP contribution is -2.22. The van der Waals surface area contributed by atoms with Crippen LogP contribution in [-0.2, 0) is 0 Å². The van der Waals surface area contributed by atoms with Gasteiger partial charge < -0.3 is 5.32 Å². The van der Waals surface area contributed by atoms with Crippen LogP contribution in [0, 0.1) is 0 Å². The second kappa shape index (κ2) is 6.12. The van der Waals surface area contributed by atoms with Gasteiger partial charge in [-0.3, -0.25) is 4.98 Å². The molecule has 3 heteroatoms. The molecule has 2 rings (SSSR count). The fourth-order valence-corrected chi connectivity index (χ4v) is 2.41. The Bertz CT molecular complexity index is 499. The first kappa shape index (κ1) is 13.2. The lowest BCUT2D eigenvalue weighted by molar-refractivity contribution is 0.494. The molecule has 18 heavy (non-hydrogen) atoms. The normalized spacial score (nSPS) is 14.2. The summed E-state index contributed by atoms with van der Waals surface area (Å²) in [5.41, 5.74) is 2.54. The van der Waals surface area contributed by atoms with Crippen LogP contribution in [0.3, 0.4) is 0 Å². The van der Waals surface area contributed by atoms with Crippen molar-refractivity contribution in [3.05, 3.63) is 64.4 Å². The first-order valence-corrected chi connectivity index (χ1v) is 6.87. The molecule has 1 heterocycles. The van der Waals surface area contributed by atoms with Crippen LogP contribution in [0.1, 0.15) is 37.1 Å². The second-order valence-electron chi connectivity index (χ2n) is 4.45. The van der Waals surface area contributed by atoms with Gasteiger partial charge in [-0.2, -0.15) is 0 Å². The van der Waals surface area contributed by atoms with E-state index in [2.05, 4.69) is 58.3 Å². The standard InChI is InChI=1S/C15H17BrN2/c1-11(13-6-8-17-9-7-13)18-12(2)14-4-3-5-15(16)10-14/h3-12,18H,1-2H3/t11-,12?/m0/s1. The topological polar surface area (TPSA) is 24.9 Å². The third-order valence-electron chi connectivity index (χ3n) is 3.05. The zero-order valence-corrected chi connectivity index (χ0v) is 12.2. The molecule has 0 spiro atoms. The number of halogens is 1. The smallest absolute Gasteiger partial charge is 0.0298 e. The molecule has 0 saturated carbocycles. The Kier molecular flexibility index (Phi) is 4.50. The van der Waals surface area contributed by atoms with Crippen LogP contribution < -0.4 is 5.32 Å². The van der Waals surface area contributed by atoms with E-state index in [1.165, 1.54) is 11.1 Å². The molecule has 0 radical (unpaired) electrons. The summed E-state index contributed by atoms with van der Waals surface area (Å²) in [6.45, 7) is 4.35. The lowest BCUT2D eigenvalue weighted by atomic mass is 10.1. The maximum atomic E-state index is 4.04. The Morgan fingerprint density at radius 2 is 1.67 bits per heavy atom. The third kappa shape index (κ3) is 3.40. The van der Waals surface area contributed by atoms with Crippen LogP contribution in [0.25, 0.3) is 0 Å². The number of nitrogens with zero attached hydrogens (tertiary/aromatic N) is 1. The van der Waals surface area contributed by atoms with Crippen LogP contribution in [-0.4, -0.2) is 4.98 Å². The van der Waals surface area contributed by atoms with E-state index in [1.54, 1.807) is 0 Å². The Morgan fingerprint density at radius 1 is 1.00 bits per heavy atom. The Morgan fingerprint density at radius 3 is 2.33 bits per heavy atom. The van der Waals surface area contributed by atoms with Crippen LogP contribution in [0.5, 0.6) is 0 Å². The minimum Gasteiger partial charge on any atom is -0.304 e. The Labute approximate surface area is 117 Å². The van der Waals surface area contributed by atoms with Gasteiger partial charge in [0.1, 0.15) is 0 Å². The first-order valence-electron chi connectivity index (χ1n) is 6.08. The van der Waals surface area contributed by atoms with Crippen molar-refractivity contribution in [2.24, 2.45) is 0 Å². The van der Waals surface area contributed by atoms with E-state index in [9.17, 15) is 0 Å². The van der Waals surface area contributed by atoms with E-state index in [4.69, 9.17) is 0 Å². The van der Waals surface area contributed by atoms with Crippen molar-refractivity contribution in [2.45, 2.75) is 25.9 Å². The molecular formula is C15H17BrN2.